The highest BCUT2D eigenvalue weighted by Crippen LogP contribution is 2.20. The van der Waals surface area contributed by atoms with Crippen molar-refractivity contribution in [2.75, 3.05) is 57.8 Å². The van der Waals surface area contributed by atoms with E-state index in [1.807, 2.05) is 29.2 Å². The van der Waals surface area contributed by atoms with Gasteiger partial charge < -0.3 is 24.8 Å². The van der Waals surface area contributed by atoms with Crippen LogP contribution < -0.4 is 15.0 Å². The van der Waals surface area contributed by atoms with Gasteiger partial charge in [-0.3, -0.25) is 14.4 Å². The highest BCUT2D eigenvalue weighted by Gasteiger charge is 2.23. The summed E-state index contributed by atoms with van der Waals surface area (Å²) < 4.78 is 5.19. The topological polar surface area (TPSA) is 82.2 Å². The lowest BCUT2D eigenvalue weighted by Crippen LogP contribution is -2.50. The quantitative estimate of drug-likeness (QED) is 0.766. The monoisotopic (exact) mass is 388 g/mol. The minimum Gasteiger partial charge on any atom is -0.497 e. The molecule has 0 atom stereocenters. The third kappa shape index (κ3) is 5.15. The Morgan fingerprint density at radius 2 is 1.61 bits per heavy atom. The third-order valence-electron chi connectivity index (χ3n) is 5.24. The molecule has 1 aromatic rings. The van der Waals surface area contributed by atoms with E-state index in [1.165, 1.54) is 0 Å². The van der Waals surface area contributed by atoms with Crippen molar-refractivity contribution in [2.24, 2.45) is 0 Å². The van der Waals surface area contributed by atoms with Gasteiger partial charge in [0.1, 0.15) is 5.75 Å². The first-order valence-electron chi connectivity index (χ1n) is 9.78. The third-order valence-corrected chi connectivity index (χ3v) is 5.24. The first-order valence-corrected chi connectivity index (χ1v) is 9.78. The number of nitrogens with one attached hydrogen (secondary N) is 1. The zero-order valence-electron chi connectivity index (χ0n) is 16.4. The van der Waals surface area contributed by atoms with Gasteiger partial charge in [-0.05, 0) is 30.7 Å². The summed E-state index contributed by atoms with van der Waals surface area (Å²) in [7, 11) is 1.65. The fourth-order valence-electron chi connectivity index (χ4n) is 3.57. The van der Waals surface area contributed by atoms with Gasteiger partial charge in [0, 0.05) is 57.8 Å². The molecule has 2 heterocycles. The minimum atomic E-state index is -0.120. The number of nitrogens with zero attached hydrogens (tertiary/aromatic N) is 3. The van der Waals surface area contributed by atoms with Gasteiger partial charge in [-0.2, -0.15) is 0 Å². The molecule has 1 N–H and O–H groups in total. The second-order valence-electron chi connectivity index (χ2n) is 7.08. The van der Waals surface area contributed by atoms with Crippen molar-refractivity contribution in [3.8, 4) is 5.75 Å². The Morgan fingerprint density at radius 3 is 2.21 bits per heavy atom. The number of rotatable bonds is 6. The number of anilines is 1. The molecule has 3 rings (SSSR count). The van der Waals surface area contributed by atoms with E-state index in [1.54, 1.807) is 12.0 Å². The van der Waals surface area contributed by atoms with Crippen molar-refractivity contribution in [2.45, 2.75) is 19.3 Å². The molecule has 28 heavy (non-hydrogen) atoms. The van der Waals surface area contributed by atoms with Crippen molar-refractivity contribution in [1.29, 1.82) is 0 Å². The van der Waals surface area contributed by atoms with Gasteiger partial charge in [-0.1, -0.05) is 0 Å². The van der Waals surface area contributed by atoms with Gasteiger partial charge in [0.25, 0.3) is 0 Å². The van der Waals surface area contributed by atoms with Gasteiger partial charge in [0.2, 0.25) is 17.7 Å². The normalized spacial score (nSPS) is 17.3. The molecule has 152 valence electrons. The lowest BCUT2D eigenvalue weighted by molar-refractivity contribution is -0.138. The number of hydrogen-bond donors (Lipinski definition) is 1. The fourth-order valence-corrected chi connectivity index (χ4v) is 3.57. The van der Waals surface area contributed by atoms with Crippen LogP contribution in [0.3, 0.4) is 0 Å². The van der Waals surface area contributed by atoms with Crippen LogP contribution in [0.1, 0.15) is 19.3 Å². The summed E-state index contributed by atoms with van der Waals surface area (Å²) in [5.74, 6) is 0.758. The van der Waals surface area contributed by atoms with Gasteiger partial charge >= 0.3 is 0 Å². The molecule has 2 saturated heterocycles. The molecule has 0 aromatic heterocycles. The van der Waals surface area contributed by atoms with E-state index in [0.29, 0.717) is 45.4 Å². The lowest BCUT2D eigenvalue weighted by atomic mass is 10.1. The summed E-state index contributed by atoms with van der Waals surface area (Å²) in [6.45, 7) is 4.13. The van der Waals surface area contributed by atoms with Gasteiger partial charge in [-0.25, -0.2) is 0 Å². The molecule has 2 aliphatic rings. The smallest absolute Gasteiger partial charge is 0.239 e. The van der Waals surface area contributed by atoms with E-state index in [0.717, 1.165) is 24.5 Å². The fraction of sp³-hybridized carbons (Fsp3) is 0.550. The molecular formula is C20H28N4O4. The molecule has 8 nitrogen and oxygen atoms in total. The zero-order chi connectivity index (χ0) is 19.9. The summed E-state index contributed by atoms with van der Waals surface area (Å²) in [4.78, 5) is 41.6. The van der Waals surface area contributed by atoms with E-state index in [4.69, 9.17) is 4.74 Å². The molecule has 0 aliphatic carbocycles. The molecule has 0 bridgehead atoms. The standard InChI is InChI=1S/C20H28N4O4/c1-28-17-7-5-16(6-8-17)22-11-13-23(14-12-22)19(26)3-2-4-20(27)24-10-9-21-18(25)15-24/h5-8H,2-4,9-15H2,1H3,(H,21,25). The van der Waals surface area contributed by atoms with E-state index in [2.05, 4.69) is 10.2 Å². The van der Waals surface area contributed by atoms with Gasteiger partial charge in [-0.15, -0.1) is 0 Å². The average molecular weight is 388 g/mol. The van der Waals surface area contributed by atoms with Crippen LogP contribution in [0.5, 0.6) is 5.75 Å². The number of piperazine rings is 2. The summed E-state index contributed by atoms with van der Waals surface area (Å²) in [5.41, 5.74) is 1.13. The first kappa shape index (κ1) is 20.0. The molecule has 1 aromatic carbocycles. The van der Waals surface area contributed by atoms with Crippen LogP contribution in [-0.2, 0) is 14.4 Å². The number of ether oxygens (including phenoxy) is 1. The molecule has 2 fully saturated rings. The van der Waals surface area contributed by atoms with Crippen molar-refractivity contribution < 1.29 is 19.1 Å². The Hall–Kier alpha value is -2.77. The van der Waals surface area contributed by atoms with Crippen molar-refractivity contribution >= 4 is 23.4 Å². The molecule has 0 unspecified atom stereocenters. The number of carbonyl (C=O) groups excluding carboxylic acids is 3. The van der Waals surface area contributed by atoms with E-state index < -0.39 is 0 Å². The highest BCUT2D eigenvalue weighted by molar-refractivity contribution is 5.86. The molecule has 3 amide bonds. The molecule has 0 spiro atoms. The average Bonchev–Trinajstić information content (AvgIpc) is 2.73. The van der Waals surface area contributed by atoms with Crippen LogP contribution in [0.4, 0.5) is 5.69 Å². The second-order valence-corrected chi connectivity index (χ2v) is 7.08. The van der Waals surface area contributed by atoms with Crippen molar-refractivity contribution in [3.05, 3.63) is 24.3 Å². The predicted molar refractivity (Wildman–Crippen MR) is 105 cm³/mol. The van der Waals surface area contributed by atoms with Crippen LogP contribution in [0, 0.1) is 0 Å². The molecule has 2 aliphatic heterocycles. The molecule has 8 heteroatoms. The largest absolute Gasteiger partial charge is 0.497 e. The molecule has 0 saturated carbocycles. The zero-order valence-corrected chi connectivity index (χ0v) is 16.4. The SMILES string of the molecule is COc1ccc(N2CCN(C(=O)CCCC(=O)N3CCNC(=O)C3)CC2)cc1. The van der Waals surface area contributed by atoms with Crippen LogP contribution >= 0.6 is 0 Å². The van der Waals surface area contributed by atoms with E-state index in [9.17, 15) is 14.4 Å². The Kier molecular flexibility index (Phi) is 6.73. The van der Waals surface area contributed by atoms with Crippen molar-refractivity contribution in [1.82, 2.24) is 15.1 Å². The second kappa shape index (κ2) is 9.43. The van der Waals surface area contributed by atoms with Crippen LogP contribution in [-0.4, -0.2) is 80.4 Å². The van der Waals surface area contributed by atoms with E-state index in [-0.39, 0.29) is 24.3 Å². The molecule has 0 radical (unpaired) electrons. The predicted octanol–water partition coefficient (Wildman–Crippen LogP) is 0.473. The Balaban J connectivity index is 1.37. The minimum absolute atomic E-state index is 0.0491. The number of carbonyl (C=O) groups is 3. The number of benzene rings is 1. The number of methoxy groups -OCH3 is 1. The number of hydrogen-bond acceptors (Lipinski definition) is 5. The van der Waals surface area contributed by atoms with Crippen LogP contribution in [0.25, 0.3) is 0 Å². The maximum atomic E-state index is 12.4. The summed E-state index contributed by atoms with van der Waals surface area (Å²) >= 11 is 0. The summed E-state index contributed by atoms with van der Waals surface area (Å²) in [5, 5.41) is 2.70. The summed E-state index contributed by atoms with van der Waals surface area (Å²) in [6.07, 6.45) is 1.20. The van der Waals surface area contributed by atoms with Gasteiger partial charge in [0.15, 0.2) is 0 Å². The summed E-state index contributed by atoms with van der Waals surface area (Å²) in [6, 6.07) is 7.94. The van der Waals surface area contributed by atoms with Crippen LogP contribution in [0.15, 0.2) is 24.3 Å². The van der Waals surface area contributed by atoms with E-state index >= 15 is 0 Å². The Labute approximate surface area is 165 Å². The van der Waals surface area contributed by atoms with Crippen molar-refractivity contribution in [3.63, 3.8) is 0 Å². The number of amides is 3. The Bertz CT molecular complexity index is 699. The van der Waals surface area contributed by atoms with Gasteiger partial charge in [0.05, 0.1) is 13.7 Å². The Morgan fingerprint density at radius 1 is 0.964 bits per heavy atom. The lowest BCUT2D eigenvalue weighted by Gasteiger charge is -2.36. The van der Waals surface area contributed by atoms with Crippen LogP contribution in [0.2, 0.25) is 0 Å². The first-order chi connectivity index (χ1) is 13.6. The highest BCUT2D eigenvalue weighted by atomic mass is 16.5. The molecular weight excluding hydrogens is 360 g/mol. The maximum Gasteiger partial charge on any atom is 0.239 e. The maximum absolute atomic E-state index is 12.4.